The highest BCUT2D eigenvalue weighted by molar-refractivity contribution is 5.58. The highest BCUT2D eigenvalue weighted by atomic mass is 16.5. The third-order valence-electron chi connectivity index (χ3n) is 3.07. The Morgan fingerprint density at radius 1 is 1.25 bits per heavy atom. The second kappa shape index (κ2) is 6.52. The maximum atomic E-state index is 5.68. The van der Waals surface area contributed by atoms with Crippen molar-refractivity contribution in [1.29, 1.82) is 0 Å². The molecule has 0 aliphatic rings. The zero-order valence-electron chi connectivity index (χ0n) is 12.4. The molecule has 1 aromatic carbocycles. The molecular weight excluding hydrogens is 254 g/mol. The van der Waals surface area contributed by atoms with Gasteiger partial charge in [0.2, 0.25) is 5.82 Å². The minimum atomic E-state index is -0.130. The van der Waals surface area contributed by atoms with Gasteiger partial charge in [0.1, 0.15) is 6.10 Å². The molecular formula is C15H21N3O2. The van der Waals surface area contributed by atoms with Crippen molar-refractivity contribution >= 4 is 5.69 Å². The van der Waals surface area contributed by atoms with Gasteiger partial charge >= 0.3 is 0 Å². The van der Waals surface area contributed by atoms with Gasteiger partial charge in [-0.1, -0.05) is 19.0 Å². The second-order valence-corrected chi connectivity index (χ2v) is 4.91. The molecule has 1 heterocycles. The molecule has 0 fully saturated rings. The molecule has 1 N–H and O–H groups in total. The third kappa shape index (κ3) is 3.17. The normalized spacial score (nSPS) is 12.7. The van der Waals surface area contributed by atoms with Crippen molar-refractivity contribution in [2.24, 2.45) is 5.92 Å². The van der Waals surface area contributed by atoms with E-state index < -0.39 is 0 Å². The Kier molecular flexibility index (Phi) is 4.74. The minimum absolute atomic E-state index is 0.130. The monoisotopic (exact) mass is 275 g/mol. The van der Waals surface area contributed by atoms with Gasteiger partial charge in [0.15, 0.2) is 0 Å². The predicted octanol–water partition coefficient (Wildman–Crippen LogP) is 3.51. The first kappa shape index (κ1) is 14.5. The van der Waals surface area contributed by atoms with Gasteiger partial charge in [0.05, 0.1) is 0 Å². The van der Waals surface area contributed by atoms with E-state index >= 15 is 0 Å². The van der Waals surface area contributed by atoms with Crippen LogP contribution in [0.5, 0.6) is 0 Å². The number of hydrogen-bond donors (Lipinski definition) is 1. The third-order valence-corrected chi connectivity index (χ3v) is 3.07. The van der Waals surface area contributed by atoms with Gasteiger partial charge in [-0.05, 0) is 37.1 Å². The van der Waals surface area contributed by atoms with E-state index in [1.54, 1.807) is 0 Å². The number of benzene rings is 1. The van der Waals surface area contributed by atoms with Gasteiger partial charge in [0.25, 0.3) is 5.89 Å². The van der Waals surface area contributed by atoms with E-state index in [1.807, 2.05) is 38.2 Å². The molecule has 5 heteroatoms. The van der Waals surface area contributed by atoms with Crippen LogP contribution >= 0.6 is 0 Å². The van der Waals surface area contributed by atoms with Crippen LogP contribution in [0.15, 0.2) is 28.8 Å². The van der Waals surface area contributed by atoms with Gasteiger partial charge in [-0.2, -0.15) is 4.98 Å². The van der Waals surface area contributed by atoms with Gasteiger partial charge < -0.3 is 14.6 Å². The summed E-state index contributed by atoms with van der Waals surface area (Å²) in [6.45, 7) is 6.76. The summed E-state index contributed by atoms with van der Waals surface area (Å²) in [7, 11) is 1.88. The van der Waals surface area contributed by atoms with Crippen molar-refractivity contribution in [2.75, 3.05) is 19.0 Å². The van der Waals surface area contributed by atoms with E-state index in [2.05, 4.69) is 29.3 Å². The predicted molar refractivity (Wildman–Crippen MR) is 78.5 cm³/mol. The van der Waals surface area contributed by atoms with Crippen LogP contribution in [0.1, 0.15) is 32.7 Å². The molecule has 0 aliphatic heterocycles. The molecule has 2 rings (SSSR count). The summed E-state index contributed by atoms with van der Waals surface area (Å²) >= 11 is 0. The van der Waals surface area contributed by atoms with Gasteiger partial charge in [-0.3, -0.25) is 0 Å². The Morgan fingerprint density at radius 2 is 1.95 bits per heavy atom. The molecule has 0 radical (unpaired) electrons. The molecule has 108 valence electrons. The zero-order chi connectivity index (χ0) is 14.5. The maximum absolute atomic E-state index is 5.68. The molecule has 5 nitrogen and oxygen atoms in total. The highest BCUT2D eigenvalue weighted by Gasteiger charge is 2.22. The van der Waals surface area contributed by atoms with Crippen molar-refractivity contribution in [3.63, 3.8) is 0 Å². The molecule has 2 aromatic rings. The van der Waals surface area contributed by atoms with Gasteiger partial charge in [-0.25, -0.2) is 0 Å². The number of nitrogens with zero attached hydrogens (tertiary/aromatic N) is 2. The fourth-order valence-corrected chi connectivity index (χ4v) is 1.99. The van der Waals surface area contributed by atoms with E-state index in [0.29, 0.717) is 24.2 Å². The van der Waals surface area contributed by atoms with Crippen LogP contribution in [0, 0.1) is 5.92 Å². The summed E-state index contributed by atoms with van der Waals surface area (Å²) in [6, 6.07) is 7.85. The van der Waals surface area contributed by atoms with Crippen molar-refractivity contribution in [3.8, 4) is 11.5 Å². The number of hydrogen-bond acceptors (Lipinski definition) is 5. The first-order valence-electron chi connectivity index (χ1n) is 6.89. The molecule has 0 saturated carbocycles. The van der Waals surface area contributed by atoms with Crippen LogP contribution < -0.4 is 5.32 Å². The maximum Gasteiger partial charge on any atom is 0.258 e. The summed E-state index contributed by atoms with van der Waals surface area (Å²) in [6.07, 6.45) is -0.130. The summed E-state index contributed by atoms with van der Waals surface area (Å²) < 4.78 is 11.0. The number of aromatic nitrogens is 2. The number of anilines is 1. The summed E-state index contributed by atoms with van der Waals surface area (Å²) in [5.74, 6) is 1.43. The van der Waals surface area contributed by atoms with Crippen molar-refractivity contribution in [1.82, 2.24) is 10.1 Å². The molecule has 0 aliphatic carbocycles. The molecule has 0 saturated heterocycles. The molecule has 0 amide bonds. The summed E-state index contributed by atoms with van der Waals surface area (Å²) in [5, 5.41) is 7.12. The molecule has 20 heavy (non-hydrogen) atoms. The standard InChI is InChI=1S/C15H21N3O2/c1-5-19-13(10(2)3)14-17-15(20-18-14)11-6-8-12(16-4)9-7-11/h6-10,13,16H,5H2,1-4H3. The minimum Gasteiger partial charge on any atom is -0.388 e. The quantitative estimate of drug-likeness (QED) is 0.874. The summed E-state index contributed by atoms with van der Waals surface area (Å²) in [5.41, 5.74) is 1.95. The average Bonchev–Trinajstić information content (AvgIpc) is 2.94. The number of ether oxygens (including phenoxy) is 1. The Hall–Kier alpha value is -1.88. The van der Waals surface area contributed by atoms with Crippen LogP contribution in [0.4, 0.5) is 5.69 Å². The number of rotatable bonds is 6. The van der Waals surface area contributed by atoms with Crippen LogP contribution in [-0.2, 0) is 4.74 Å². The van der Waals surface area contributed by atoms with Crippen LogP contribution in [0.2, 0.25) is 0 Å². The Balaban J connectivity index is 2.22. The Morgan fingerprint density at radius 3 is 2.50 bits per heavy atom. The highest BCUT2D eigenvalue weighted by Crippen LogP contribution is 2.26. The van der Waals surface area contributed by atoms with Crippen LogP contribution in [0.3, 0.4) is 0 Å². The van der Waals surface area contributed by atoms with Gasteiger partial charge in [0, 0.05) is 24.9 Å². The average molecular weight is 275 g/mol. The van der Waals surface area contributed by atoms with E-state index in [0.717, 1.165) is 11.3 Å². The zero-order valence-corrected chi connectivity index (χ0v) is 12.4. The number of nitrogens with one attached hydrogen (secondary N) is 1. The van der Waals surface area contributed by atoms with E-state index in [1.165, 1.54) is 0 Å². The van der Waals surface area contributed by atoms with Crippen LogP contribution in [0.25, 0.3) is 11.5 Å². The lowest BCUT2D eigenvalue weighted by molar-refractivity contribution is 0.0217. The Labute approximate surface area is 119 Å². The largest absolute Gasteiger partial charge is 0.388 e. The second-order valence-electron chi connectivity index (χ2n) is 4.91. The lowest BCUT2D eigenvalue weighted by Crippen LogP contribution is -2.12. The first-order chi connectivity index (χ1) is 9.65. The molecule has 1 aromatic heterocycles. The topological polar surface area (TPSA) is 60.2 Å². The van der Waals surface area contributed by atoms with E-state index in [9.17, 15) is 0 Å². The van der Waals surface area contributed by atoms with Gasteiger partial charge in [-0.15, -0.1) is 0 Å². The fourth-order valence-electron chi connectivity index (χ4n) is 1.99. The molecule has 0 bridgehead atoms. The van der Waals surface area contributed by atoms with Crippen molar-refractivity contribution in [3.05, 3.63) is 30.1 Å². The molecule has 1 atom stereocenters. The molecule has 0 spiro atoms. The SMILES string of the molecule is CCOC(c1noc(-c2ccc(NC)cc2)n1)C(C)C. The van der Waals surface area contributed by atoms with Crippen molar-refractivity contribution < 1.29 is 9.26 Å². The first-order valence-corrected chi connectivity index (χ1v) is 6.89. The smallest absolute Gasteiger partial charge is 0.258 e. The molecule has 1 unspecified atom stereocenters. The summed E-state index contributed by atoms with van der Waals surface area (Å²) in [4.78, 5) is 4.45. The van der Waals surface area contributed by atoms with E-state index in [4.69, 9.17) is 9.26 Å². The van der Waals surface area contributed by atoms with E-state index in [-0.39, 0.29) is 6.10 Å². The Bertz CT molecular complexity index is 534. The fraction of sp³-hybridized carbons (Fsp3) is 0.467. The lowest BCUT2D eigenvalue weighted by atomic mass is 10.1. The van der Waals surface area contributed by atoms with Crippen molar-refractivity contribution in [2.45, 2.75) is 26.9 Å². The lowest BCUT2D eigenvalue weighted by Gasteiger charge is -2.16. The van der Waals surface area contributed by atoms with Crippen LogP contribution in [-0.4, -0.2) is 23.8 Å².